The molecule has 8 nitrogen and oxygen atoms in total. The molecule has 1 aromatic rings. The van der Waals surface area contributed by atoms with Gasteiger partial charge >= 0.3 is 5.97 Å². The summed E-state index contributed by atoms with van der Waals surface area (Å²) in [6.07, 6.45) is 0. The zero-order valence-electron chi connectivity index (χ0n) is 14.8. The number of anilines is 1. The molecule has 0 aromatic heterocycles. The van der Waals surface area contributed by atoms with Crippen molar-refractivity contribution in [2.45, 2.75) is 20.8 Å². The molecule has 28 heavy (non-hydrogen) atoms. The minimum absolute atomic E-state index is 0.0240. The topological polar surface area (TPSA) is 110 Å². The minimum atomic E-state index is -0.826. The SMILES string of the molecule is CC(=O)OCCNC(=O)c1c(I)c(C(=O)Cl)c(I)c(N(C(C)=O)C(C)=O)c1I. The van der Waals surface area contributed by atoms with E-state index in [1.165, 1.54) is 20.8 Å². The molecule has 0 radical (unpaired) electrons. The van der Waals surface area contributed by atoms with Gasteiger partial charge in [0.25, 0.3) is 11.1 Å². The standard InChI is InChI=1S/C16H14ClI3N2O6/c1-6(23)22(7(2)24)14-12(19)9(15(17)26)11(18)10(13(14)20)16(27)21-4-5-28-8(3)25/h4-5H2,1-3H3,(H,21,27). The summed E-state index contributed by atoms with van der Waals surface area (Å²) < 4.78 is 5.64. The largest absolute Gasteiger partial charge is 0.464 e. The fourth-order valence-corrected chi connectivity index (χ4v) is 7.34. The Labute approximate surface area is 206 Å². The van der Waals surface area contributed by atoms with Gasteiger partial charge in [0.2, 0.25) is 11.8 Å². The number of nitrogens with zero attached hydrogens (tertiary/aromatic N) is 1. The number of ether oxygens (including phenoxy) is 1. The van der Waals surface area contributed by atoms with Crippen molar-refractivity contribution >= 4 is 114 Å². The predicted octanol–water partition coefficient (Wildman–Crippen LogP) is 3.07. The Morgan fingerprint density at radius 2 is 1.43 bits per heavy atom. The van der Waals surface area contributed by atoms with Gasteiger partial charge in [-0.15, -0.1) is 0 Å². The van der Waals surface area contributed by atoms with Crippen LogP contribution in [0.25, 0.3) is 0 Å². The van der Waals surface area contributed by atoms with Crippen molar-refractivity contribution in [3.05, 3.63) is 21.8 Å². The molecule has 1 aromatic carbocycles. The van der Waals surface area contributed by atoms with Gasteiger partial charge in [-0.1, -0.05) is 0 Å². The number of esters is 1. The second-order valence-corrected chi connectivity index (χ2v) is 8.86. The van der Waals surface area contributed by atoms with E-state index in [0.29, 0.717) is 3.57 Å². The Balaban J connectivity index is 3.58. The molecular formula is C16H14ClI3N2O6. The maximum absolute atomic E-state index is 12.7. The summed E-state index contributed by atoms with van der Waals surface area (Å²) >= 11 is 11.2. The van der Waals surface area contributed by atoms with Crippen LogP contribution in [0.1, 0.15) is 41.5 Å². The molecule has 0 aliphatic rings. The maximum atomic E-state index is 12.7. The molecule has 1 N–H and O–H groups in total. The second kappa shape index (κ2) is 11.0. The molecule has 0 aliphatic carbocycles. The molecule has 0 aliphatic heterocycles. The second-order valence-electron chi connectivity index (χ2n) is 5.28. The van der Waals surface area contributed by atoms with Gasteiger partial charge in [0.1, 0.15) is 6.61 Å². The highest BCUT2D eigenvalue weighted by atomic mass is 127. The highest BCUT2D eigenvalue weighted by Crippen LogP contribution is 2.38. The minimum Gasteiger partial charge on any atom is -0.464 e. The molecule has 0 saturated carbocycles. The van der Waals surface area contributed by atoms with E-state index >= 15 is 0 Å². The number of hydrogen-bond acceptors (Lipinski definition) is 6. The molecule has 0 bridgehead atoms. The number of nitrogens with one attached hydrogen (secondary N) is 1. The van der Waals surface area contributed by atoms with E-state index in [9.17, 15) is 24.0 Å². The summed E-state index contributed by atoms with van der Waals surface area (Å²) in [7, 11) is 0. The van der Waals surface area contributed by atoms with E-state index < -0.39 is 28.9 Å². The first kappa shape index (κ1) is 25.5. The van der Waals surface area contributed by atoms with E-state index in [-0.39, 0.29) is 37.1 Å². The highest BCUT2D eigenvalue weighted by Gasteiger charge is 2.32. The lowest BCUT2D eigenvalue weighted by Crippen LogP contribution is -2.36. The Bertz CT molecular complexity index is 861. The summed E-state index contributed by atoms with van der Waals surface area (Å²) in [5, 5.41) is 1.75. The van der Waals surface area contributed by atoms with Crippen molar-refractivity contribution < 1.29 is 28.7 Å². The number of amides is 3. The van der Waals surface area contributed by atoms with Crippen LogP contribution < -0.4 is 10.2 Å². The Hall–Kier alpha value is -0.550. The van der Waals surface area contributed by atoms with Gasteiger partial charge in [-0.2, -0.15) is 0 Å². The van der Waals surface area contributed by atoms with E-state index in [4.69, 9.17) is 16.3 Å². The van der Waals surface area contributed by atoms with Crippen LogP contribution >= 0.6 is 79.4 Å². The van der Waals surface area contributed by atoms with Gasteiger partial charge in [0.05, 0.1) is 30.5 Å². The fourth-order valence-electron chi connectivity index (χ4n) is 2.20. The summed E-state index contributed by atoms with van der Waals surface area (Å²) in [4.78, 5) is 60.5. The zero-order chi connectivity index (χ0) is 21.8. The molecule has 3 amide bonds. The Kier molecular flexibility index (Phi) is 10.0. The number of halogens is 4. The van der Waals surface area contributed by atoms with E-state index in [1.54, 1.807) is 0 Å². The number of imide groups is 1. The van der Waals surface area contributed by atoms with Crippen LogP contribution in [0, 0.1) is 10.7 Å². The molecule has 152 valence electrons. The normalized spacial score (nSPS) is 10.2. The van der Waals surface area contributed by atoms with Gasteiger partial charge in [0, 0.05) is 24.3 Å². The Morgan fingerprint density at radius 3 is 1.86 bits per heavy atom. The average Bonchev–Trinajstić information content (AvgIpc) is 2.54. The molecule has 0 fully saturated rings. The monoisotopic (exact) mass is 746 g/mol. The van der Waals surface area contributed by atoms with Crippen LogP contribution in [-0.4, -0.2) is 42.1 Å². The Morgan fingerprint density at radius 1 is 0.929 bits per heavy atom. The zero-order valence-corrected chi connectivity index (χ0v) is 22.1. The molecule has 0 spiro atoms. The third-order valence-electron chi connectivity index (χ3n) is 3.26. The smallest absolute Gasteiger partial charge is 0.302 e. The highest BCUT2D eigenvalue weighted by molar-refractivity contribution is 14.1. The third-order valence-corrected chi connectivity index (χ3v) is 6.63. The van der Waals surface area contributed by atoms with Crippen molar-refractivity contribution in [3.8, 4) is 0 Å². The summed E-state index contributed by atoms with van der Waals surface area (Å²) in [5.41, 5.74) is 0.239. The maximum Gasteiger partial charge on any atom is 0.302 e. The van der Waals surface area contributed by atoms with Gasteiger partial charge in [-0.3, -0.25) is 24.0 Å². The van der Waals surface area contributed by atoms with Crippen molar-refractivity contribution in [2.24, 2.45) is 0 Å². The van der Waals surface area contributed by atoms with Crippen LogP contribution in [-0.2, 0) is 19.1 Å². The summed E-state index contributed by atoms with van der Waals surface area (Å²) in [6.45, 7) is 3.66. The molecule has 0 unspecified atom stereocenters. The first-order valence-electron chi connectivity index (χ1n) is 7.54. The summed E-state index contributed by atoms with van der Waals surface area (Å²) in [5.74, 6) is -2.19. The lowest BCUT2D eigenvalue weighted by molar-refractivity contribution is -0.140. The predicted molar refractivity (Wildman–Crippen MR) is 128 cm³/mol. The molecule has 12 heteroatoms. The van der Waals surface area contributed by atoms with Crippen LogP contribution in [0.3, 0.4) is 0 Å². The number of carbonyl (C=O) groups excluding carboxylic acids is 5. The van der Waals surface area contributed by atoms with Gasteiger partial charge in [-0.05, 0) is 79.4 Å². The number of rotatable bonds is 6. The molecule has 0 atom stereocenters. The quantitative estimate of drug-likeness (QED) is 0.208. The van der Waals surface area contributed by atoms with Crippen LogP contribution in [0.4, 0.5) is 5.69 Å². The first-order chi connectivity index (χ1) is 12.9. The lowest BCUT2D eigenvalue weighted by Gasteiger charge is -2.24. The number of hydrogen-bond donors (Lipinski definition) is 1. The third kappa shape index (κ3) is 5.98. The van der Waals surface area contributed by atoms with Gasteiger partial charge in [-0.25, -0.2) is 4.90 Å². The summed E-state index contributed by atoms with van der Waals surface area (Å²) in [6, 6.07) is 0. The van der Waals surface area contributed by atoms with Crippen molar-refractivity contribution in [2.75, 3.05) is 18.1 Å². The van der Waals surface area contributed by atoms with Crippen molar-refractivity contribution in [1.82, 2.24) is 5.32 Å². The molecular weight excluding hydrogens is 732 g/mol. The van der Waals surface area contributed by atoms with Crippen molar-refractivity contribution in [1.29, 1.82) is 0 Å². The molecule has 0 heterocycles. The van der Waals surface area contributed by atoms with Crippen LogP contribution in [0.15, 0.2) is 0 Å². The number of carbonyl (C=O) groups is 5. The lowest BCUT2D eigenvalue weighted by atomic mass is 10.1. The first-order valence-corrected chi connectivity index (χ1v) is 11.2. The van der Waals surface area contributed by atoms with Gasteiger partial charge < -0.3 is 10.1 Å². The van der Waals surface area contributed by atoms with Gasteiger partial charge in [0.15, 0.2) is 0 Å². The van der Waals surface area contributed by atoms with Crippen molar-refractivity contribution in [3.63, 3.8) is 0 Å². The average molecular weight is 746 g/mol. The van der Waals surface area contributed by atoms with E-state index in [0.717, 1.165) is 4.90 Å². The van der Waals surface area contributed by atoms with Crippen LogP contribution in [0.5, 0.6) is 0 Å². The molecule has 1 rings (SSSR count). The number of benzene rings is 1. The van der Waals surface area contributed by atoms with Crippen LogP contribution in [0.2, 0.25) is 0 Å². The fraction of sp³-hybridized carbons (Fsp3) is 0.312. The van der Waals surface area contributed by atoms with E-state index in [1.807, 2.05) is 67.8 Å². The molecule has 0 saturated heterocycles. The van der Waals surface area contributed by atoms with E-state index in [2.05, 4.69) is 5.32 Å².